The molecule has 3 aromatic carbocycles. The summed E-state index contributed by atoms with van der Waals surface area (Å²) in [7, 11) is 0. The number of hydrogen-bond donors (Lipinski definition) is 1. The number of piperazine rings is 1. The Bertz CT molecular complexity index is 1630. The molecule has 4 amide bonds. The third kappa shape index (κ3) is 4.57. The average molecular weight is 587 g/mol. The standard InChI is InChI=1S/C32H28ClFN4O4/c33-21-7-5-19(6-8-21)24-3-1-2-4-25(24)31(41)36-16-22-13-23(17-36)37(22)14-18-11-20-15-38(32(42)29(20)26(34)12-18)27-9-10-28(39)35-30(27)40/h1-8,11-12,22-23,27H,9-10,13-17H2,(H,35,39,40). The quantitative estimate of drug-likeness (QED) is 0.457. The highest BCUT2D eigenvalue weighted by Gasteiger charge is 2.46. The highest BCUT2D eigenvalue weighted by molar-refractivity contribution is 6.30. The van der Waals surface area contributed by atoms with Gasteiger partial charge in [-0.15, -0.1) is 0 Å². The number of nitrogens with one attached hydrogen (secondary N) is 1. The minimum Gasteiger partial charge on any atom is -0.335 e. The van der Waals surface area contributed by atoms with Gasteiger partial charge in [-0.3, -0.25) is 29.4 Å². The zero-order valence-electron chi connectivity index (χ0n) is 22.7. The van der Waals surface area contributed by atoms with Gasteiger partial charge >= 0.3 is 0 Å². The van der Waals surface area contributed by atoms with Crippen molar-refractivity contribution < 1.29 is 23.6 Å². The molecular formula is C32H28ClFN4O4. The highest BCUT2D eigenvalue weighted by Crippen LogP contribution is 2.37. The molecule has 1 N–H and O–H groups in total. The minimum atomic E-state index is -0.784. The van der Waals surface area contributed by atoms with E-state index in [1.54, 1.807) is 0 Å². The molecule has 2 bridgehead atoms. The third-order valence-electron chi connectivity index (χ3n) is 8.94. The van der Waals surface area contributed by atoms with E-state index in [2.05, 4.69) is 10.2 Å². The molecule has 3 unspecified atom stereocenters. The Morgan fingerprint density at radius 1 is 1.00 bits per heavy atom. The molecule has 0 radical (unpaired) electrons. The van der Waals surface area contributed by atoms with Gasteiger partial charge in [0.05, 0.1) is 5.56 Å². The van der Waals surface area contributed by atoms with Gasteiger partial charge in [0.15, 0.2) is 0 Å². The molecule has 214 valence electrons. The van der Waals surface area contributed by atoms with E-state index in [4.69, 9.17) is 11.6 Å². The number of nitrogens with zero attached hydrogens (tertiary/aromatic N) is 3. The summed E-state index contributed by atoms with van der Waals surface area (Å²) in [6.07, 6.45) is 1.35. The first-order valence-electron chi connectivity index (χ1n) is 14.1. The molecule has 4 saturated heterocycles. The molecule has 5 heterocycles. The molecule has 3 aromatic rings. The van der Waals surface area contributed by atoms with Crippen LogP contribution in [0.25, 0.3) is 11.1 Å². The van der Waals surface area contributed by atoms with Gasteiger partial charge < -0.3 is 9.80 Å². The zero-order chi connectivity index (χ0) is 29.1. The van der Waals surface area contributed by atoms with Crippen LogP contribution in [0.4, 0.5) is 4.39 Å². The molecule has 5 aliphatic heterocycles. The molecule has 10 heteroatoms. The number of imide groups is 1. The monoisotopic (exact) mass is 586 g/mol. The van der Waals surface area contributed by atoms with Crippen LogP contribution in [-0.4, -0.2) is 69.5 Å². The van der Waals surface area contributed by atoms with Crippen LogP contribution in [0.3, 0.4) is 0 Å². The highest BCUT2D eigenvalue weighted by atomic mass is 35.5. The van der Waals surface area contributed by atoms with E-state index in [-0.39, 0.29) is 48.8 Å². The number of amides is 4. The molecular weight excluding hydrogens is 559 g/mol. The first-order chi connectivity index (χ1) is 20.3. The van der Waals surface area contributed by atoms with Gasteiger partial charge in [0, 0.05) is 55.3 Å². The van der Waals surface area contributed by atoms with Gasteiger partial charge in [0.25, 0.3) is 11.8 Å². The lowest BCUT2D eigenvalue weighted by molar-refractivity contribution is -0.136. The van der Waals surface area contributed by atoms with Crippen LogP contribution < -0.4 is 5.32 Å². The topological polar surface area (TPSA) is 90.0 Å². The number of piperidine rings is 2. The van der Waals surface area contributed by atoms with Gasteiger partial charge in [0.1, 0.15) is 11.9 Å². The lowest BCUT2D eigenvalue weighted by Gasteiger charge is -2.56. The van der Waals surface area contributed by atoms with Crippen molar-refractivity contribution in [1.29, 1.82) is 0 Å². The number of hydrogen-bond acceptors (Lipinski definition) is 5. The van der Waals surface area contributed by atoms with Gasteiger partial charge in [-0.1, -0.05) is 48.0 Å². The number of fused-ring (bicyclic) bond motifs is 3. The Hall–Kier alpha value is -4.08. The van der Waals surface area contributed by atoms with Crippen molar-refractivity contribution in [3.8, 4) is 11.1 Å². The maximum Gasteiger partial charge on any atom is 0.258 e. The average Bonchev–Trinajstić information content (AvgIpc) is 3.32. The molecule has 0 spiro atoms. The van der Waals surface area contributed by atoms with E-state index in [9.17, 15) is 19.2 Å². The summed E-state index contributed by atoms with van der Waals surface area (Å²) in [5, 5.41) is 2.91. The smallest absolute Gasteiger partial charge is 0.258 e. The predicted octanol–water partition coefficient (Wildman–Crippen LogP) is 4.01. The zero-order valence-corrected chi connectivity index (χ0v) is 23.4. The molecule has 0 saturated carbocycles. The fourth-order valence-corrected chi connectivity index (χ4v) is 6.98. The molecule has 0 aromatic heterocycles. The fraction of sp³-hybridized carbons (Fsp3) is 0.312. The summed E-state index contributed by atoms with van der Waals surface area (Å²) >= 11 is 6.06. The summed E-state index contributed by atoms with van der Waals surface area (Å²) in [5.41, 5.74) is 3.76. The summed E-state index contributed by atoms with van der Waals surface area (Å²) in [6, 6.07) is 17.8. The lowest BCUT2D eigenvalue weighted by Crippen LogP contribution is -2.68. The molecule has 4 fully saturated rings. The molecule has 8 rings (SSSR count). The summed E-state index contributed by atoms with van der Waals surface area (Å²) < 4.78 is 15.2. The van der Waals surface area contributed by atoms with Crippen molar-refractivity contribution in [1.82, 2.24) is 20.0 Å². The number of carbonyl (C=O) groups is 4. The molecule has 3 atom stereocenters. The Kier molecular flexibility index (Phi) is 6.59. The summed E-state index contributed by atoms with van der Waals surface area (Å²) in [5.74, 6) is -2.00. The SMILES string of the molecule is O=C1CCC(N2Cc3cc(CN4C5CC4CN(C(=O)c4ccccc4-c4ccc(Cl)cc4)C5)cc(F)c3C2=O)C(=O)N1. The molecule has 8 nitrogen and oxygen atoms in total. The second-order valence-corrected chi connectivity index (χ2v) is 11.9. The van der Waals surface area contributed by atoms with Crippen LogP contribution in [-0.2, 0) is 22.7 Å². The van der Waals surface area contributed by atoms with Crippen LogP contribution in [0.5, 0.6) is 0 Å². The second-order valence-electron chi connectivity index (χ2n) is 11.5. The summed E-state index contributed by atoms with van der Waals surface area (Å²) in [6.45, 7) is 1.81. The number of halogens is 2. The number of carbonyl (C=O) groups excluding carboxylic acids is 4. The van der Waals surface area contributed by atoms with E-state index >= 15 is 4.39 Å². The van der Waals surface area contributed by atoms with Gasteiger partial charge in [-0.2, -0.15) is 0 Å². The fourth-order valence-electron chi connectivity index (χ4n) is 6.85. The second kappa shape index (κ2) is 10.3. The van der Waals surface area contributed by atoms with Crippen molar-refractivity contribution in [3.63, 3.8) is 0 Å². The van der Waals surface area contributed by atoms with Crippen LogP contribution in [0.2, 0.25) is 5.02 Å². The Morgan fingerprint density at radius 3 is 2.48 bits per heavy atom. The van der Waals surface area contributed by atoms with Crippen LogP contribution in [0.1, 0.15) is 51.1 Å². The van der Waals surface area contributed by atoms with E-state index in [1.165, 1.54) is 11.0 Å². The van der Waals surface area contributed by atoms with Crippen LogP contribution in [0, 0.1) is 5.82 Å². The molecule has 42 heavy (non-hydrogen) atoms. The van der Waals surface area contributed by atoms with E-state index in [0.717, 1.165) is 23.1 Å². The van der Waals surface area contributed by atoms with Crippen LogP contribution >= 0.6 is 11.6 Å². The van der Waals surface area contributed by atoms with Gasteiger partial charge in [-0.25, -0.2) is 4.39 Å². The van der Waals surface area contributed by atoms with E-state index < -0.39 is 23.7 Å². The summed E-state index contributed by atoms with van der Waals surface area (Å²) in [4.78, 5) is 56.1. The van der Waals surface area contributed by atoms with Crippen molar-refractivity contribution in [2.45, 2.75) is 50.5 Å². The molecule has 0 aliphatic carbocycles. The van der Waals surface area contributed by atoms with E-state index in [0.29, 0.717) is 35.8 Å². The largest absolute Gasteiger partial charge is 0.335 e. The maximum absolute atomic E-state index is 15.2. The lowest BCUT2D eigenvalue weighted by atomic mass is 9.86. The predicted molar refractivity (Wildman–Crippen MR) is 153 cm³/mol. The Balaban J connectivity index is 1.04. The van der Waals surface area contributed by atoms with E-state index in [1.807, 2.05) is 59.5 Å². The van der Waals surface area contributed by atoms with Gasteiger partial charge in [0.2, 0.25) is 11.8 Å². The Morgan fingerprint density at radius 2 is 1.74 bits per heavy atom. The number of benzene rings is 3. The minimum absolute atomic E-state index is 0.00313. The van der Waals surface area contributed by atoms with Gasteiger partial charge in [-0.05, 0) is 59.4 Å². The van der Waals surface area contributed by atoms with Crippen molar-refractivity contribution >= 4 is 35.2 Å². The third-order valence-corrected chi connectivity index (χ3v) is 9.19. The first kappa shape index (κ1) is 26.8. The first-order valence-corrected chi connectivity index (χ1v) is 14.5. The Labute approximate surface area is 247 Å². The number of rotatable bonds is 5. The maximum atomic E-state index is 15.2. The normalized spacial score (nSPS) is 23.5. The molecule has 5 aliphatic rings. The van der Waals surface area contributed by atoms with Crippen LogP contribution in [0.15, 0.2) is 60.7 Å². The van der Waals surface area contributed by atoms with Crippen molar-refractivity contribution in [2.24, 2.45) is 0 Å². The van der Waals surface area contributed by atoms with Crippen molar-refractivity contribution in [2.75, 3.05) is 13.1 Å². The van der Waals surface area contributed by atoms with Crippen molar-refractivity contribution in [3.05, 3.63) is 93.8 Å².